The Bertz CT molecular complexity index is 390. The third kappa shape index (κ3) is 3.37. The van der Waals surface area contributed by atoms with Crippen molar-refractivity contribution < 1.29 is 14.0 Å². The van der Waals surface area contributed by atoms with Crippen LogP contribution in [0, 0.1) is 0 Å². The summed E-state index contributed by atoms with van der Waals surface area (Å²) < 4.78 is 16.7. The van der Waals surface area contributed by atoms with Gasteiger partial charge in [-0.1, -0.05) is 19.0 Å². The van der Waals surface area contributed by atoms with Gasteiger partial charge in [-0.25, -0.2) is 0 Å². The highest BCUT2D eigenvalue weighted by Gasteiger charge is 2.33. The van der Waals surface area contributed by atoms with Gasteiger partial charge in [0.25, 0.3) is 5.89 Å². The SMILES string of the molecule is CCC(CC)(OC)c1noc(COC2CCNCC2)n1. The van der Waals surface area contributed by atoms with Crippen molar-refractivity contribution >= 4 is 0 Å². The largest absolute Gasteiger partial charge is 0.370 e. The van der Waals surface area contributed by atoms with Crippen LogP contribution in [0.25, 0.3) is 0 Å². The van der Waals surface area contributed by atoms with Gasteiger partial charge in [0.05, 0.1) is 6.10 Å². The van der Waals surface area contributed by atoms with E-state index in [1.807, 2.05) is 0 Å². The Morgan fingerprint density at radius 3 is 2.60 bits per heavy atom. The summed E-state index contributed by atoms with van der Waals surface area (Å²) in [7, 11) is 1.69. The number of ether oxygens (including phenoxy) is 2. The molecule has 0 radical (unpaired) electrons. The molecule has 1 fully saturated rings. The van der Waals surface area contributed by atoms with E-state index in [1.165, 1.54) is 0 Å². The fraction of sp³-hybridized carbons (Fsp3) is 0.857. The molecule has 0 saturated carbocycles. The molecule has 1 N–H and O–H groups in total. The van der Waals surface area contributed by atoms with E-state index >= 15 is 0 Å². The fourth-order valence-corrected chi connectivity index (χ4v) is 2.60. The zero-order chi connectivity index (χ0) is 14.4. The Morgan fingerprint density at radius 2 is 2.00 bits per heavy atom. The van der Waals surface area contributed by atoms with Crippen LogP contribution < -0.4 is 5.32 Å². The van der Waals surface area contributed by atoms with Gasteiger partial charge in [0.15, 0.2) is 0 Å². The van der Waals surface area contributed by atoms with E-state index in [0.717, 1.165) is 38.8 Å². The van der Waals surface area contributed by atoms with E-state index < -0.39 is 5.60 Å². The molecule has 1 aliphatic rings. The molecule has 0 unspecified atom stereocenters. The molecule has 0 atom stereocenters. The summed E-state index contributed by atoms with van der Waals surface area (Å²) in [4.78, 5) is 4.44. The van der Waals surface area contributed by atoms with Gasteiger partial charge >= 0.3 is 0 Å². The molecule has 114 valence electrons. The molecule has 1 aromatic rings. The van der Waals surface area contributed by atoms with Gasteiger partial charge in [-0.15, -0.1) is 0 Å². The standard InChI is InChI=1S/C14H25N3O3/c1-4-14(5-2,18-3)13-16-12(20-17-13)10-19-11-6-8-15-9-7-11/h11,15H,4-10H2,1-3H3. The maximum Gasteiger partial charge on any atom is 0.252 e. The number of hydrogen-bond acceptors (Lipinski definition) is 6. The minimum Gasteiger partial charge on any atom is -0.370 e. The summed E-state index contributed by atoms with van der Waals surface area (Å²) in [5.74, 6) is 1.15. The molecular weight excluding hydrogens is 258 g/mol. The lowest BCUT2D eigenvalue weighted by Gasteiger charge is -2.25. The monoisotopic (exact) mass is 283 g/mol. The summed E-state index contributed by atoms with van der Waals surface area (Å²) in [5.41, 5.74) is -0.448. The fourth-order valence-electron chi connectivity index (χ4n) is 2.60. The van der Waals surface area contributed by atoms with Crippen LogP contribution in [0.1, 0.15) is 51.2 Å². The van der Waals surface area contributed by atoms with Crippen LogP contribution in [-0.2, 0) is 21.7 Å². The number of hydrogen-bond donors (Lipinski definition) is 1. The van der Waals surface area contributed by atoms with Crippen molar-refractivity contribution in [3.63, 3.8) is 0 Å². The van der Waals surface area contributed by atoms with E-state index in [0.29, 0.717) is 18.3 Å². The van der Waals surface area contributed by atoms with E-state index in [4.69, 9.17) is 14.0 Å². The predicted molar refractivity (Wildman–Crippen MR) is 74.2 cm³/mol. The normalized spacial score (nSPS) is 17.6. The summed E-state index contributed by atoms with van der Waals surface area (Å²) >= 11 is 0. The number of piperidine rings is 1. The first-order chi connectivity index (χ1) is 9.74. The zero-order valence-electron chi connectivity index (χ0n) is 12.6. The Kier molecular flexibility index (Phi) is 5.51. The minimum absolute atomic E-state index is 0.288. The number of nitrogens with one attached hydrogen (secondary N) is 1. The van der Waals surface area contributed by atoms with E-state index in [9.17, 15) is 0 Å². The lowest BCUT2D eigenvalue weighted by Crippen LogP contribution is -2.32. The molecule has 6 heteroatoms. The first kappa shape index (κ1) is 15.4. The van der Waals surface area contributed by atoms with Gasteiger partial charge in [-0.3, -0.25) is 0 Å². The van der Waals surface area contributed by atoms with Crippen LogP contribution in [-0.4, -0.2) is 36.4 Å². The van der Waals surface area contributed by atoms with Crippen molar-refractivity contribution in [1.29, 1.82) is 0 Å². The maximum atomic E-state index is 5.82. The van der Waals surface area contributed by atoms with Gasteiger partial charge in [0, 0.05) is 7.11 Å². The topological polar surface area (TPSA) is 69.4 Å². The summed E-state index contributed by atoms with van der Waals surface area (Å²) in [6, 6.07) is 0. The number of aromatic nitrogens is 2. The Labute approximate surface area is 120 Å². The molecule has 0 bridgehead atoms. The van der Waals surface area contributed by atoms with Gasteiger partial charge in [-0.05, 0) is 38.8 Å². The molecule has 6 nitrogen and oxygen atoms in total. The van der Waals surface area contributed by atoms with Crippen LogP contribution in [0.4, 0.5) is 0 Å². The van der Waals surface area contributed by atoms with Gasteiger partial charge in [-0.2, -0.15) is 4.98 Å². The van der Waals surface area contributed by atoms with Crippen LogP contribution >= 0.6 is 0 Å². The molecule has 2 rings (SSSR count). The van der Waals surface area contributed by atoms with E-state index in [2.05, 4.69) is 29.3 Å². The van der Waals surface area contributed by atoms with Crippen molar-refractivity contribution in [3.8, 4) is 0 Å². The molecule has 0 aromatic carbocycles. The summed E-state index contributed by atoms with van der Waals surface area (Å²) in [6.07, 6.45) is 3.98. The number of rotatable bonds is 7. The van der Waals surface area contributed by atoms with E-state index in [1.54, 1.807) is 7.11 Å². The second kappa shape index (κ2) is 7.15. The molecule has 0 aliphatic carbocycles. The molecular formula is C14H25N3O3. The smallest absolute Gasteiger partial charge is 0.252 e. The highest BCUT2D eigenvalue weighted by Crippen LogP contribution is 2.30. The highest BCUT2D eigenvalue weighted by atomic mass is 16.5. The van der Waals surface area contributed by atoms with Gasteiger partial charge < -0.3 is 19.3 Å². The molecule has 2 heterocycles. The first-order valence-corrected chi connectivity index (χ1v) is 7.44. The van der Waals surface area contributed by atoms with Crippen LogP contribution in [0.15, 0.2) is 4.52 Å². The Balaban J connectivity index is 1.94. The zero-order valence-corrected chi connectivity index (χ0v) is 12.6. The number of methoxy groups -OCH3 is 1. The van der Waals surface area contributed by atoms with Crippen molar-refractivity contribution in [3.05, 3.63) is 11.7 Å². The lowest BCUT2D eigenvalue weighted by atomic mass is 9.96. The Hall–Kier alpha value is -0.980. The van der Waals surface area contributed by atoms with Crippen molar-refractivity contribution in [2.24, 2.45) is 0 Å². The quantitative estimate of drug-likeness (QED) is 0.825. The first-order valence-electron chi connectivity index (χ1n) is 7.44. The summed E-state index contributed by atoms with van der Waals surface area (Å²) in [5, 5.41) is 7.37. The predicted octanol–water partition coefficient (Wildman–Crippen LogP) is 2.00. The summed E-state index contributed by atoms with van der Waals surface area (Å²) in [6.45, 7) is 6.53. The van der Waals surface area contributed by atoms with Crippen LogP contribution in [0.2, 0.25) is 0 Å². The molecule has 20 heavy (non-hydrogen) atoms. The molecule has 0 spiro atoms. The highest BCUT2D eigenvalue weighted by molar-refractivity contribution is 5.00. The van der Waals surface area contributed by atoms with E-state index in [-0.39, 0.29) is 6.10 Å². The van der Waals surface area contributed by atoms with Crippen LogP contribution in [0.5, 0.6) is 0 Å². The molecule has 0 amide bonds. The third-order valence-corrected chi connectivity index (χ3v) is 4.14. The Morgan fingerprint density at radius 1 is 1.30 bits per heavy atom. The molecule has 1 aromatic heterocycles. The molecule has 1 saturated heterocycles. The second-order valence-corrected chi connectivity index (χ2v) is 5.18. The van der Waals surface area contributed by atoms with Crippen molar-refractivity contribution in [2.45, 2.75) is 57.8 Å². The average molecular weight is 283 g/mol. The number of nitrogens with zero attached hydrogens (tertiary/aromatic N) is 2. The van der Waals surface area contributed by atoms with Crippen molar-refractivity contribution in [2.75, 3.05) is 20.2 Å². The third-order valence-electron chi connectivity index (χ3n) is 4.14. The maximum absolute atomic E-state index is 5.82. The average Bonchev–Trinajstić information content (AvgIpc) is 2.98. The van der Waals surface area contributed by atoms with Crippen LogP contribution in [0.3, 0.4) is 0 Å². The minimum atomic E-state index is -0.448. The second-order valence-electron chi connectivity index (χ2n) is 5.18. The van der Waals surface area contributed by atoms with Gasteiger partial charge in [0.1, 0.15) is 12.2 Å². The molecule has 1 aliphatic heterocycles. The lowest BCUT2D eigenvalue weighted by molar-refractivity contribution is -0.0306. The van der Waals surface area contributed by atoms with Crippen molar-refractivity contribution in [1.82, 2.24) is 15.5 Å². The van der Waals surface area contributed by atoms with Gasteiger partial charge in [0.2, 0.25) is 5.82 Å².